The van der Waals surface area contributed by atoms with Crippen molar-refractivity contribution in [3.8, 4) is 0 Å². The molecule has 1 N–H and O–H groups in total. The molecule has 0 aliphatic heterocycles. The first-order chi connectivity index (χ1) is 8.93. The fourth-order valence-corrected chi connectivity index (χ4v) is 0.623. The molecule has 0 aliphatic rings. The standard InChI is InChI=1S/C9H20O.C4H10O.C2H6.C2H4/c1-5-9(4)7-10-6-8(2)3;1-3-4(2)5;2*1-2/h8-9H,5-7H2,1-4H3;4-5H,3H2,1-2H3;1-2H3;1-2H2. The Balaban J connectivity index is -0.000000105. The molecule has 2 atom stereocenters. The van der Waals surface area contributed by atoms with Gasteiger partial charge in [-0.15, -0.1) is 13.2 Å². The quantitative estimate of drug-likeness (QED) is 0.666. The molecular formula is C17H40O2. The molecule has 0 radical (unpaired) electrons. The minimum atomic E-state index is -0.116. The number of hydrogen-bond donors (Lipinski definition) is 1. The highest BCUT2D eigenvalue weighted by Crippen LogP contribution is 2.02. The van der Waals surface area contributed by atoms with E-state index in [-0.39, 0.29) is 6.10 Å². The van der Waals surface area contributed by atoms with Gasteiger partial charge >= 0.3 is 0 Å². The van der Waals surface area contributed by atoms with E-state index >= 15 is 0 Å². The van der Waals surface area contributed by atoms with Crippen LogP contribution in [0.2, 0.25) is 0 Å². The number of ether oxygens (including phenoxy) is 1. The second-order valence-electron chi connectivity index (χ2n) is 4.70. The average Bonchev–Trinajstić information content (AvgIpc) is 2.43. The lowest BCUT2D eigenvalue weighted by Gasteiger charge is -2.10. The minimum Gasteiger partial charge on any atom is -0.393 e. The van der Waals surface area contributed by atoms with Gasteiger partial charge in [-0.25, -0.2) is 0 Å². The Morgan fingerprint density at radius 1 is 0.895 bits per heavy atom. The van der Waals surface area contributed by atoms with Crippen molar-refractivity contribution in [3.63, 3.8) is 0 Å². The molecule has 0 fully saturated rings. The average molecular weight is 277 g/mol. The maximum Gasteiger partial charge on any atom is 0.0509 e. The molecule has 2 nitrogen and oxygen atoms in total. The van der Waals surface area contributed by atoms with E-state index in [1.54, 1.807) is 6.92 Å². The third-order valence-corrected chi connectivity index (χ3v) is 2.14. The lowest BCUT2D eigenvalue weighted by molar-refractivity contribution is 0.0832. The normalized spacial score (nSPS) is 11.9. The van der Waals surface area contributed by atoms with Crippen molar-refractivity contribution in [1.29, 1.82) is 0 Å². The second kappa shape index (κ2) is 26.3. The van der Waals surface area contributed by atoms with E-state index in [9.17, 15) is 0 Å². The van der Waals surface area contributed by atoms with Gasteiger partial charge in [0.2, 0.25) is 0 Å². The van der Waals surface area contributed by atoms with E-state index in [2.05, 4.69) is 40.9 Å². The summed E-state index contributed by atoms with van der Waals surface area (Å²) in [5.41, 5.74) is 0. The van der Waals surface area contributed by atoms with Crippen LogP contribution in [-0.2, 0) is 4.74 Å². The SMILES string of the molecule is C=C.CC.CCC(C)COCC(C)C.CCC(C)O. The van der Waals surface area contributed by atoms with Gasteiger partial charge in [0.05, 0.1) is 6.10 Å². The molecule has 0 amide bonds. The molecule has 0 saturated heterocycles. The molecule has 0 aromatic heterocycles. The molecule has 2 heteroatoms. The van der Waals surface area contributed by atoms with Crippen LogP contribution in [0, 0.1) is 11.8 Å². The monoisotopic (exact) mass is 276 g/mol. The van der Waals surface area contributed by atoms with Crippen LogP contribution in [-0.4, -0.2) is 24.4 Å². The van der Waals surface area contributed by atoms with E-state index in [4.69, 9.17) is 9.84 Å². The molecule has 2 unspecified atom stereocenters. The van der Waals surface area contributed by atoms with Crippen LogP contribution in [0.4, 0.5) is 0 Å². The summed E-state index contributed by atoms with van der Waals surface area (Å²) in [5.74, 6) is 1.39. The van der Waals surface area contributed by atoms with Crippen LogP contribution in [0.1, 0.15) is 68.2 Å². The van der Waals surface area contributed by atoms with Crippen LogP contribution >= 0.6 is 0 Å². The van der Waals surface area contributed by atoms with Crippen LogP contribution in [0.25, 0.3) is 0 Å². The third-order valence-electron chi connectivity index (χ3n) is 2.14. The largest absolute Gasteiger partial charge is 0.393 e. The Hall–Kier alpha value is -0.340. The van der Waals surface area contributed by atoms with E-state index in [0.29, 0.717) is 5.92 Å². The summed E-state index contributed by atoms with van der Waals surface area (Å²) in [6.45, 7) is 24.3. The fourth-order valence-electron chi connectivity index (χ4n) is 0.623. The molecule has 0 aromatic carbocycles. The maximum absolute atomic E-state index is 8.36. The van der Waals surface area contributed by atoms with Crippen molar-refractivity contribution in [2.45, 2.75) is 74.3 Å². The molecule has 0 bridgehead atoms. The van der Waals surface area contributed by atoms with Gasteiger partial charge in [0.1, 0.15) is 0 Å². The minimum absolute atomic E-state index is 0.116. The van der Waals surface area contributed by atoms with Crippen molar-refractivity contribution in [3.05, 3.63) is 13.2 Å². The van der Waals surface area contributed by atoms with E-state index < -0.39 is 0 Å². The van der Waals surface area contributed by atoms with Crippen LogP contribution in [0.3, 0.4) is 0 Å². The summed E-state index contributed by atoms with van der Waals surface area (Å²) < 4.78 is 5.45. The van der Waals surface area contributed by atoms with Gasteiger partial charge in [0.25, 0.3) is 0 Å². The Labute approximate surface area is 123 Å². The summed E-state index contributed by atoms with van der Waals surface area (Å²) in [6, 6.07) is 0. The first-order valence-electron chi connectivity index (χ1n) is 7.69. The summed E-state index contributed by atoms with van der Waals surface area (Å²) in [7, 11) is 0. The maximum atomic E-state index is 8.36. The second-order valence-corrected chi connectivity index (χ2v) is 4.70. The van der Waals surface area contributed by atoms with Gasteiger partial charge in [-0.05, 0) is 25.2 Å². The Morgan fingerprint density at radius 2 is 1.26 bits per heavy atom. The molecule has 0 rings (SSSR count). The lowest BCUT2D eigenvalue weighted by atomic mass is 10.1. The van der Waals surface area contributed by atoms with Gasteiger partial charge in [-0.2, -0.15) is 0 Å². The molecule has 0 aliphatic carbocycles. The Morgan fingerprint density at radius 3 is 1.47 bits per heavy atom. The molecule has 120 valence electrons. The number of aliphatic hydroxyl groups is 1. The summed E-state index contributed by atoms with van der Waals surface area (Å²) in [5, 5.41) is 8.36. The van der Waals surface area contributed by atoms with Crippen molar-refractivity contribution >= 4 is 0 Å². The van der Waals surface area contributed by atoms with E-state index in [1.165, 1.54) is 6.42 Å². The van der Waals surface area contributed by atoms with Gasteiger partial charge in [0, 0.05) is 13.2 Å². The zero-order valence-corrected chi connectivity index (χ0v) is 14.8. The number of hydrogen-bond acceptors (Lipinski definition) is 2. The summed E-state index contributed by atoms with van der Waals surface area (Å²) in [4.78, 5) is 0. The zero-order valence-electron chi connectivity index (χ0n) is 14.8. The lowest BCUT2D eigenvalue weighted by Crippen LogP contribution is -2.08. The van der Waals surface area contributed by atoms with Crippen molar-refractivity contribution in [2.24, 2.45) is 11.8 Å². The molecular weight excluding hydrogens is 236 g/mol. The van der Waals surface area contributed by atoms with Crippen molar-refractivity contribution in [2.75, 3.05) is 13.2 Å². The first-order valence-corrected chi connectivity index (χ1v) is 7.69. The first kappa shape index (κ1) is 27.1. The van der Waals surface area contributed by atoms with E-state index in [0.717, 1.165) is 25.6 Å². The van der Waals surface area contributed by atoms with Crippen LogP contribution in [0.15, 0.2) is 13.2 Å². The highest BCUT2D eigenvalue weighted by molar-refractivity contribution is 4.47. The van der Waals surface area contributed by atoms with Gasteiger partial charge in [-0.3, -0.25) is 0 Å². The van der Waals surface area contributed by atoms with E-state index in [1.807, 2.05) is 20.8 Å². The third kappa shape index (κ3) is 46.4. The molecule has 0 spiro atoms. The number of rotatable bonds is 6. The molecule has 19 heavy (non-hydrogen) atoms. The highest BCUT2D eigenvalue weighted by atomic mass is 16.5. The highest BCUT2D eigenvalue weighted by Gasteiger charge is 1.98. The Bertz CT molecular complexity index is 122. The fraction of sp³-hybridized carbons (Fsp3) is 0.882. The Kier molecular flexibility index (Phi) is 37.4. The zero-order chi connectivity index (χ0) is 16.3. The molecule has 0 saturated carbocycles. The van der Waals surface area contributed by atoms with Crippen molar-refractivity contribution < 1.29 is 9.84 Å². The van der Waals surface area contributed by atoms with Gasteiger partial charge in [0.15, 0.2) is 0 Å². The smallest absolute Gasteiger partial charge is 0.0509 e. The summed E-state index contributed by atoms with van der Waals surface area (Å²) >= 11 is 0. The molecule has 0 heterocycles. The predicted molar refractivity (Wildman–Crippen MR) is 89.7 cm³/mol. The van der Waals surface area contributed by atoms with Gasteiger partial charge < -0.3 is 9.84 Å². The number of aliphatic hydroxyl groups excluding tert-OH is 1. The topological polar surface area (TPSA) is 29.5 Å². The van der Waals surface area contributed by atoms with Gasteiger partial charge in [-0.1, -0.05) is 54.9 Å². The predicted octanol–water partition coefficient (Wildman–Crippen LogP) is 5.31. The van der Waals surface area contributed by atoms with Crippen LogP contribution in [0.5, 0.6) is 0 Å². The summed E-state index contributed by atoms with van der Waals surface area (Å²) in [6.07, 6.45) is 1.97. The van der Waals surface area contributed by atoms with Crippen LogP contribution < -0.4 is 0 Å². The van der Waals surface area contributed by atoms with Crippen molar-refractivity contribution in [1.82, 2.24) is 0 Å². The molecule has 0 aromatic rings.